The zero-order chi connectivity index (χ0) is 16.7. The lowest BCUT2D eigenvalue weighted by atomic mass is 10.0. The van der Waals surface area contributed by atoms with Crippen molar-refractivity contribution in [1.82, 2.24) is 19.5 Å². The van der Waals surface area contributed by atoms with Crippen LogP contribution in [0.5, 0.6) is 0 Å². The molecular formula is C14H17N5O4. The van der Waals surface area contributed by atoms with Gasteiger partial charge in [-0.1, -0.05) is 6.58 Å². The molecule has 0 radical (unpaired) electrons. The molecule has 1 aliphatic rings. The van der Waals surface area contributed by atoms with Crippen LogP contribution in [0.2, 0.25) is 0 Å². The highest BCUT2D eigenvalue weighted by atomic mass is 16.5. The second-order valence-electron chi connectivity index (χ2n) is 5.54. The minimum atomic E-state index is -0.480. The third kappa shape index (κ3) is 2.48. The minimum Gasteiger partial charge on any atom is -0.462 e. The van der Waals surface area contributed by atoms with Gasteiger partial charge in [0.2, 0.25) is 5.95 Å². The Kier molecular flexibility index (Phi) is 3.64. The fourth-order valence-corrected chi connectivity index (χ4v) is 3.06. The van der Waals surface area contributed by atoms with Gasteiger partial charge >= 0.3 is 5.97 Å². The van der Waals surface area contributed by atoms with E-state index in [0.29, 0.717) is 17.6 Å². The number of aromatic amines is 1. The zero-order valence-corrected chi connectivity index (χ0v) is 12.5. The maximum absolute atomic E-state index is 11.9. The summed E-state index contributed by atoms with van der Waals surface area (Å²) in [5, 5.41) is 9.57. The van der Waals surface area contributed by atoms with Gasteiger partial charge in [0.25, 0.3) is 5.56 Å². The molecule has 1 saturated carbocycles. The molecule has 2 aromatic heterocycles. The predicted molar refractivity (Wildman–Crippen MR) is 81.5 cm³/mol. The highest BCUT2D eigenvalue weighted by molar-refractivity contribution is 5.71. The fourth-order valence-electron chi connectivity index (χ4n) is 3.06. The molecule has 1 fully saturated rings. The molecule has 0 aliphatic heterocycles. The number of hydrogen-bond acceptors (Lipinski definition) is 7. The van der Waals surface area contributed by atoms with Gasteiger partial charge in [-0.05, 0) is 5.57 Å². The summed E-state index contributed by atoms with van der Waals surface area (Å²) in [7, 11) is 0. The van der Waals surface area contributed by atoms with E-state index in [-0.39, 0.29) is 30.0 Å². The summed E-state index contributed by atoms with van der Waals surface area (Å²) in [5.41, 5.74) is 6.36. The van der Waals surface area contributed by atoms with Crippen molar-refractivity contribution in [1.29, 1.82) is 0 Å². The first-order valence-electron chi connectivity index (χ1n) is 7.11. The van der Waals surface area contributed by atoms with E-state index in [1.54, 1.807) is 4.57 Å². The lowest BCUT2D eigenvalue weighted by Gasteiger charge is -2.17. The fraction of sp³-hybridized carbons (Fsp3) is 0.429. The molecule has 9 nitrogen and oxygen atoms in total. The van der Waals surface area contributed by atoms with Gasteiger partial charge in [0.1, 0.15) is 6.10 Å². The highest BCUT2D eigenvalue weighted by Crippen LogP contribution is 2.41. The van der Waals surface area contributed by atoms with Crippen LogP contribution in [0.25, 0.3) is 11.2 Å². The van der Waals surface area contributed by atoms with Crippen molar-refractivity contribution in [3.8, 4) is 0 Å². The molecule has 23 heavy (non-hydrogen) atoms. The molecule has 2 heterocycles. The van der Waals surface area contributed by atoms with E-state index in [4.69, 9.17) is 10.5 Å². The van der Waals surface area contributed by atoms with Gasteiger partial charge in [-0.15, -0.1) is 0 Å². The number of carbonyl (C=O) groups is 1. The number of aromatic nitrogens is 4. The summed E-state index contributed by atoms with van der Waals surface area (Å²) in [6.07, 6.45) is 1.42. The lowest BCUT2D eigenvalue weighted by Crippen LogP contribution is -2.23. The molecular weight excluding hydrogens is 302 g/mol. The van der Waals surface area contributed by atoms with E-state index in [1.807, 2.05) is 0 Å². The van der Waals surface area contributed by atoms with Gasteiger partial charge < -0.3 is 20.1 Å². The Morgan fingerprint density at radius 1 is 1.65 bits per heavy atom. The minimum absolute atomic E-state index is 0.0110. The van der Waals surface area contributed by atoms with Gasteiger partial charge in [-0.2, -0.15) is 4.98 Å². The summed E-state index contributed by atoms with van der Waals surface area (Å²) >= 11 is 0. The van der Waals surface area contributed by atoms with Gasteiger partial charge in [-0.3, -0.25) is 14.6 Å². The Morgan fingerprint density at radius 2 is 2.39 bits per heavy atom. The normalized spacial score (nSPS) is 24.3. The Morgan fingerprint density at radius 3 is 3.04 bits per heavy atom. The predicted octanol–water partition coefficient (Wildman–Crippen LogP) is -0.257. The molecule has 1 aliphatic carbocycles. The van der Waals surface area contributed by atoms with Gasteiger partial charge in [-0.25, -0.2) is 4.98 Å². The zero-order valence-electron chi connectivity index (χ0n) is 12.5. The Hall–Kier alpha value is -2.68. The number of nitrogens with two attached hydrogens (primary N) is 1. The van der Waals surface area contributed by atoms with E-state index in [1.165, 1.54) is 13.3 Å². The number of carbonyl (C=O) groups excluding carboxylic acids is 1. The highest BCUT2D eigenvalue weighted by Gasteiger charge is 2.40. The molecule has 0 spiro atoms. The van der Waals surface area contributed by atoms with Crippen molar-refractivity contribution in [3.05, 3.63) is 28.8 Å². The molecule has 0 amide bonds. The van der Waals surface area contributed by atoms with Crippen LogP contribution in [0.15, 0.2) is 23.3 Å². The smallest absolute Gasteiger partial charge is 0.302 e. The van der Waals surface area contributed by atoms with Crippen LogP contribution >= 0.6 is 0 Å². The first-order chi connectivity index (χ1) is 10.9. The molecule has 0 unspecified atom stereocenters. The van der Waals surface area contributed by atoms with E-state index in [9.17, 15) is 14.7 Å². The van der Waals surface area contributed by atoms with Crippen molar-refractivity contribution in [2.75, 3.05) is 12.3 Å². The quantitative estimate of drug-likeness (QED) is 0.524. The SMILES string of the molecule is C=C1[C@H](CO)[C@@H](OC(C)=O)C[C@@H]1n1cnc2c(=O)[nH]c(N)nc21. The van der Waals surface area contributed by atoms with Crippen molar-refractivity contribution < 1.29 is 14.6 Å². The van der Waals surface area contributed by atoms with Gasteiger partial charge in [0.05, 0.1) is 19.0 Å². The van der Waals surface area contributed by atoms with Crippen molar-refractivity contribution in [2.45, 2.75) is 25.5 Å². The van der Waals surface area contributed by atoms with E-state index in [2.05, 4.69) is 21.5 Å². The van der Waals surface area contributed by atoms with Crippen LogP contribution < -0.4 is 11.3 Å². The topological polar surface area (TPSA) is 136 Å². The summed E-state index contributed by atoms with van der Waals surface area (Å²) in [5.74, 6) is -0.806. The number of hydrogen-bond donors (Lipinski definition) is 3. The number of nitrogen functional groups attached to an aromatic ring is 1. The van der Waals surface area contributed by atoms with Crippen LogP contribution in [0.4, 0.5) is 5.95 Å². The molecule has 3 atom stereocenters. The standard InChI is InChI=1S/C14H17N5O4/c1-6-8(4-20)10(23-7(2)21)3-9(6)19-5-16-11-12(19)17-14(15)18-13(11)22/h5,8-10,20H,1,3-4H2,2H3,(H3,15,17,18,22)/t8-,9-,10-/m0/s1. The average molecular weight is 319 g/mol. The third-order valence-electron chi connectivity index (χ3n) is 4.11. The number of aliphatic hydroxyl groups excluding tert-OH is 1. The van der Waals surface area contributed by atoms with Crippen molar-refractivity contribution >= 4 is 23.1 Å². The van der Waals surface area contributed by atoms with E-state index in [0.717, 1.165) is 0 Å². The largest absolute Gasteiger partial charge is 0.462 e. The Balaban J connectivity index is 2.03. The lowest BCUT2D eigenvalue weighted by molar-refractivity contribution is -0.148. The number of fused-ring (bicyclic) bond motifs is 1. The van der Waals surface area contributed by atoms with Gasteiger partial charge in [0.15, 0.2) is 11.2 Å². The van der Waals surface area contributed by atoms with Crippen LogP contribution in [0.3, 0.4) is 0 Å². The first-order valence-corrected chi connectivity index (χ1v) is 7.11. The number of rotatable bonds is 3. The molecule has 4 N–H and O–H groups in total. The summed E-state index contributed by atoms with van der Waals surface area (Å²) < 4.78 is 6.94. The van der Waals surface area contributed by atoms with Crippen LogP contribution in [-0.4, -0.2) is 43.3 Å². The average Bonchev–Trinajstić information content (AvgIpc) is 2.99. The number of H-pyrrole nitrogens is 1. The van der Waals surface area contributed by atoms with Crippen LogP contribution in [-0.2, 0) is 9.53 Å². The van der Waals surface area contributed by atoms with Crippen LogP contribution in [0, 0.1) is 5.92 Å². The number of imidazole rings is 1. The molecule has 0 bridgehead atoms. The Labute approximate surface area is 130 Å². The van der Waals surface area contributed by atoms with E-state index < -0.39 is 17.6 Å². The molecule has 122 valence electrons. The summed E-state index contributed by atoms with van der Waals surface area (Å²) in [6, 6.07) is -0.296. The van der Waals surface area contributed by atoms with E-state index >= 15 is 0 Å². The maximum atomic E-state index is 11.9. The second-order valence-corrected chi connectivity index (χ2v) is 5.54. The molecule has 0 aromatic carbocycles. The number of nitrogens with one attached hydrogen (secondary N) is 1. The first kappa shape index (κ1) is 15.2. The second kappa shape index (κ2) is 5.51. The number of ether oxygens (including phenoxy) is 1. The number of aliphatic hydroxyl groups is 1. The number of esters is 1. The molecule has 9 heteroatoms. The summed E-state index contributed by atoms with van der Waals surface area (Å²) in [6.45, 7) is 5.14. The van der Waals surface area contributed by atoms with Crippen molar-refractivity contribution in [3.63, 3.8) is 0 Å². The van der Waals surface area contributed by atoms with Gasteiger partial charge in [0, 0.05) is 19.3 Å². The monoisotopic (exact) mass is 319 g/mol. The van der Waals surface area contributed by atoms with Crippen molar-refractivity contribution in [2.24, 2.45) is 5.92 Å². The Bertz CT molecular complexity index is 839. The number of nitrogens with zero attached hydrogens (tertiary/aromatic N) is 3. The maximum Gasteiger partial charge on any atom is 0.302 e. The summed E-state index contributed by atoms with van der Waals surface area (Å²) in [4.78, 5) is 33.7. The number of anilines is 1. The molecule has 2 aromatic rings. The molecule has 0 saturated heterocycles. The molecule has 3 rings (SSSR count). The third-order valence-corrected chi connectivity index (χ3v) is 4.11. The van der Waals surface area contributed by atoms with Crippen LogP contribution in [0.1, 0.15) is 19.4 Å².